The van der Waals surface area contributed by atoms with Crippen molar-refractivity contribution in [2.45, 2.75) is 77.5 Å². The van der Waals surface area contributed by atoms with Crippen LogP contribution in [0.5, 0.6) is 0 Å². The zero-order chi connectivity index (χ0) is 23.9. The Morgan fingerprint density at radius 3 is 2.19 bits per heavy atom. The molecule has 1 aliphatic rings. The molecule has 0 aromatic rings. The number of hydrogen-bond donors (Lipinski definition) is 5. The van der Waals surface area contributed by atoms with Crippen molar-refractivity contribution in [1.29, 1.82) is 0 Å². The van der Waals surface area contributed by atoms with Gasteiger partial charge in [0.2, 0.25) is 23.6 Å². The van der Waals surface area contributed by atoms with E-state index < -0.39 is 54.3 Å². The van der Waals surface area contributed by atoms with Gasteiger partial charge in [-0.1, -0.05) is 27.7 Å². The minimum absolute atomic E-state index is 0.227. The number of carboxylic acid groups (broad SMARTS) is 1. The number of likely N-dealkylation sites (tertiary alicyclic amines) is 1. The maximum absolute atomic E-state index is 12.9. The number of nitrogens with two attached hydrogens (primary N) is 2. The Balaban J connectivity index is 2.88. The molecular formula is C20H35N5O6. The topological polar surface area (TPSA) is 185 Å². The zero-order valence-corrected chi connectivity index (χ0v) is 18.6. The summed E-state index contributed by atoms with van der Waals surface area (Å²) in [6, 6.07) is -4.01. The summed E-state index contributed by atoms with van der Waals surface area (Å²) in [5.41, 5.74) is 11.0. The number of carbonyl (C=O) groups excluding carboxylic acids is 4. The third kappa shape index (κ3) is 7.82. The molecule has 4 unspecified atom stereocenters. The van der Waals surface area contributed by atoms with Crippen molar-refractivity contribution in [1.82, 2.24) is 15.5 Å². The van der Waals surface area contributed by atoms with Crippen LogP contribution in [0, 0.1) is 11.8 Å². The average Bonchev–Trinajstić information content (AvgIpc) is 3.13. The van der Waals surface area contributed by atoms with E-state index in [1.54, 1.807) is 13.8 Å². The van der Waals surface area contributed by atoms with Gasteiger partial charge in [-0.2, -0.15) is 0 Å². The number of carboxylic acids is 1. The van der Waals surface area contributed by atoms with E-state index in [2.05, 4.69) is 10.6 Å². The molecule has 0 bridgehead atoms. The maximum atomic E-state index is 12.9. The van der Waals surface area contributed by atoms with Crippen molar-refractivity contribution in [3.63, 3.8) is 0 Å². The van der Waals surface area contributed by atoms with E-state index in [1.807, 2.05) is 13.8 Å². The predicted molar refractivity (Wildman–Crippen MR) is 112 cm³/mol. The van der Waals surface area contributed by atoms with Crippen molar-refractivity contribution in [3.05, 3.63) is 0 Å². The van der Waals surface area contributed by atoms with Crippen LogP contribution in [0.4, 0.5) is 0 Å². The lowest BCUT2D eigenvalue weighted by Crippen LogP contribution is -2.58. The normalized spacial score (nSPS) is 19.1. The van der Waals surface area contributed by atoms with Crippen molar-refractivity contribution < 1.29 is 29.1 Å². The van der Waals surface area contributed by atoms with Gasteiger partial charge < -0.3 is 32.1 Å². The predicted octanol–water partition coefficient (Wildman–Crippen LogP) is -1.06. The highest BCUT2D eigenvalue weighted by Gasteiger charge is 2.38. The molecule has 31 heavy (non-hydrogen) atoms. The van der Waals surface area contributed by atoms with E-state index in [-0.39, 0.29) is 17.7 Å². The van der Waals surface area contributed by atoms with Crippen molar-refractivity contribution >= 4 is 29.6 Å². The molecule has 7 N–H and O–H groups in total. The minimum atomic E-state index is -1.50. The van der Waals surface area contributed by atoms with Crippen LogP contribution in [0.2, 0.25) is 0 Å². The Morgan fingerprint density at radius 2 is 1.71 bits per heavy atom. The number of primary amides is 1. The smallest absolute Gasteiger partial charge is 0.326 e. The fourth-order valence-corrected chi connectivity index (χ4v) is 3.57. The zero-order valence-electron chi connectivity index (χ0n) is 18.6. The number of rotatable bonds is 11. The number of nitrogens with zero attached hydrogens (tertiary/aromatic N) is 1. The summed E-state index contributed by atoms with van der Waals surface area (Å²) in [6.45, 7) is 7.68. The van der Waals surface area contributed by atoms with Gasteiger partial charge >= 0.3 is 5.97 Å². The van der Waals surface area contributed by atoms with Crippen LogP contribution >= 0.6 is 0 Å². The molecule has 1 saturated heterocycles. The van der Waals surface area contributed by atoms with E-state index in [0.717, 1.165) is 0 Å². The molecule has 0 radical (unpaired) electrons. The summed E-state index contributed by atoms with van der Waals surface area (Å²) in [7, 11) is 0. The molecule has 0 aromatic heterocycles. The van der Waals surface area contributed by atoms with Crippen LogP contribution in [-0.2, 0) is 24.0 Å². The first-order chi connectivity index (χ1) is 14.3. The lowest BCUT2D eigenvalue weighted by Gasteiger charge is -2.30. The molecule has 0 aromatic carbocycles. The van der Waals surface area contributed by atoms with Gasteiger partial charge in [0.25, 0.3) is 0 Å². The van der Waals surface area contributed by atoms with Gasteiger partial charge in [0, 0.05) is 6.54 Å². The molecule has 1 fully saturated rings. The summed E-state index contributed by atoms with van der Waals surface area (Å²) < 4.78 is 0. The van der Waals surface area contributed by atoms with Crippen LogP contribution in [-0.4, -0.2) is 70.3 Å². The van der Waals surface area contributed by atoms with Crippen LogP contribution in [0.1, 0.15) is 53.4 Å². The molecule has 0 saturated carbocycles. The lowest BCUT2D eigenvalue weighted by atomic mass is 10.0. The first-order valence-electron chi connectivity index (χ1n) is 10.5. The minimum Gasteiger partial charge on any atom is -0.480 e. The molecule has 4 atom stereocenters. The van der Waals surface area contributed by atoms with Gasteiger partial charge in [-0.15, -0.1) is 0 Å². The molecule has 1 heterocycles. The van der Waals surface area contributed by atoms with Gasteiger partial charge in [0.1, 0.15) is 18.1 Å². The van der Waals surface area contributed by atoms with E-state index in [1.165, 1.54) is 4.90 Å². The van der Waals surface area contributed by atoms with Crippen LogP contribution in [0.3, 0.4) is 0 Å². The largest absolute Gasteiger partial charge is 0.480 e. The number of amides is 4. The van der Waals surface area contributed by atoms with E-state index >= 15 is 0 Å². The number of hydrogen-bond acceptors (Lipinski definition) is 6. The summed E-state index contributed by atoms with van der Waals surface area (Å²) >= 11 is 0. The molecule has 11 heteroatoms. The van der Waals surface area contributed by atoms with Crippen LogP contribution < -0.4 is 22.1 Å². The first-order valence-corrected chi connectivity index (χ1v) is 10.5. The number of carbonyl (C=O) groups is 5. The van der Waals surface area contributed by atoms with Crippen LogP contribution in [0.25, 0.3) is 0 Å². The van der Waals surface area contributed by atoms with Gasteiger partial charge in [-0.25, -0.2) is 4.79 Å². The average molecular weight is 442 g/mol. The molecule has 1 rings (SSSR count). The summed E-state index contributed by atoms with van der Waals surface area (Å²) in [6.07, 6.45) is 1.00. The van der Waals surface area contributed by atoms with Gasteiger partial charge in [-0.05, 0) is 31.1 Å². The molecular weight excluding hydrogens is 406 g/mol. The van der Waals surface area contributed by atoms with E-state index in [4.69, 9.17) is 11.5 Å². The molecule has 11 nitrogen and oxygen atoms in total. The van der Waals surface area contributed by atoms with E-state index in [0.29, 0.717) is 25.8 Å². The second-order valence-electron chi connectivity index (χ2n) is 8.73. The van der Waals surface area contributed by atoms with Crippen molar-refractivity contribution in [2.75, 3.05) is 6.54 Å². The standard InChI is InChI=1S/C20H35N5O6/c1-10(2)8-12(21)19(29)25-7-5-6-14(25)17(27)24-16(11(3)4)18(28)23-13(20(30)31)9-15(22)26/h10-14,16H,5-9,21H2,1-4H3,(H2,22,26)(H,23,28)(H,24,27)(H,30,31). The second kappa shape index (κ2) is 11.6. The van der Waals surface area contributed by atoms with E-state index in [9.17, 15) is 29.1 Å². The fraction of sp³-hybridized carbons (Fsp3) is 0.750. The van der Waals surface area contributed by atoms with Crippen LogP contribution in [0.15, 0.2) is 0 Å². The van der Waals surface area contributed by atoms with Gasteiger partial charge in [0.15, 0.2) is 0 Å². The highest BCUT2D eigenvalue weighted by Crippen LogP contribution is 2.20. The van der Waals surface area contributed by atoms with Gasteiger partial charge in [-0.3, -0.25) is 19.2 Å². The third-order valence-electron chi connectivity index (χ3n) is 5.15. The quantitative estimate of drug-likeness (QED) is 0.270. The van der Waals surface area contributed by atoms with Crippen molar-refractivity contribution in [3.8, 4) is 0 Å². The number of aliphatic carboxylic acids is 1. The van der Waals surface area contributed by atoms with Gasteiger partial charge in [0.05, 0.1) is 12.5 Å². The Hall–Kier alpha value is -2.69. The molecule has 176 valence electrons. The number of nitrogens with one attached hydrogen (secondary N) is 2. The highest BCUT2D eigenvalue weighted by atomic mass is 16.4. The second-order valence-corrected chi connectivity index (χ2v) is 8.73. The first kappa shape index (κ1) is 26.3. The van der Waals surface area contributed by atoms with Crippen molar-refractivity contribution in [2.24, 2.45) is 23.3 Å². The monoisotopic (exact) mass is 441 g/mol. The fourth-order valence-electron chi connectivity index (χ4n) is 3.57. The summed E-state index contributed by atoms with van der Waals surface area (Å²) in [5.74, 6) is -3.98. The maximum Gasteiger partial charge on any atom is 0.326 e. The summed E-state index contributed by atoms with van der Waals surface area (Å²) in [4.78, 5) is 62.0. The molecule has 4 amide bonds. The Labute approximate surface area is 182 Å². The summed E-state index contributed by atoms with van der Waals surface area (Å²) in [5, 5.41) is 14.1. The Bertz CT molecular complexity index is 696. The SMILES string of the molecule is CC(C)CC(N)C(=O)N1CCCC1C(=O)NC(C(=O)NC(CC(N)=O)C(=O)O)C(C)C. The third-order valence-corrected chi connectivity index (χ3v) is 5.15. The molecule has 0 spiro atoms. The molecule has 0 aliphatic carbocycles. The lowest BCUT2D eigenvalue weighted by molar-refractivity contribution is -0.144. The highest BCUT2D eigenvalue weighted by molar-refractivity contribution is 5.95. The molecule has 1 aliphatic heterocycles. The Morgan fingerprint density at radius 1 is 1.10 bits per heavy atom. The Kier molecular flexibility index (Phi) is 9.89.